The first-order chi connectivity index (χ1) is 3.79. The fourth-order valence-corrected chi connectivity index (χ4v) is 2.62. The summed E-state index contributed by atoms with van der Waals surface area (Å²) in [5.41, 5.74) is 0. The summed E-state index contributed by atoms with van der Waals surface area (Å²) < 4.78 is 0. The van der Waals surface area contributed by atoms with Gasteiger partial charge in [-0.25, -0.2) is 0 Å². The zero-order valence-corrected chi connectivity index (χ0v) is 6.50. The van der Waals surface area contributed by atoms with Crippen LogP contribution in [0.3, 0.4) is 0 Å². The Morgan fingerprint density at radius 3 is 1.88 bits per heavy atom. The van der Waals surface area contributed by atoms with Crippen LogP contribution in [0.4, 0.5) is 0 Å². The molecule has 0 aromatic carbocycles. The molecule has 0 aromatic heterocycles. The Balaban J connectivity index is 2.23. The molecule has 2 atom stereocenters. The number of thioether (sulfide) groups is 1. The fourth-order valence-electron chi connectivity index (χ4n) is 1.23. The average molecular weight is 130 g/mol. The van der Waals surface area contributed by atoms with E-state index in [4.69, 9.17) is 0 Å². The van der Waals surface area contributed by atoms with E-state index in [2.05, 4.69) is 25.6 Å². The van der Waals surface area contributed by atoms with Crippen molar-refractivity contribution in [3.8, 4) is 0 Å². The van der Waals surface area contributed by atoms with Crippen molar-refractivity contribution in [2.24, 2.45) is 0 Å². The highest BCUT2D eigenvalue weighted by atomic mass is 32.2. The minimum atomic E-state index is 0.929. The second-order valence-electron chi connectivity index (χ2n) is 2.69. The van der Waals surface area contributed by atoms with Crippen LogP contribution in [0.1, 0.15) is 33.1 Å². The van der Waals surface area contributed by atoms with E-state index in [0.717, 1.165) is 10.5 Å². The number of hydrogen-bond donors (Lipinski definition) is 0. The van der Waals surface area contributed by atoms with Crippen LogP contribution in [-0.4, -0.2) is 10.5 Å². The van der Waals surface area contributed by atoms with E-state index in [1.165, 1.54) is 19.3 Å². The third-order valence-corrected chi connectivity index (χ3v) is 3.09. The molecule has 0 N–H and O–H groups in total. The van der Waals surface area contributed by atoms with Gasteiger partial charge in [-0.05, 0) is 12.8 Å². The highest BCUT2D eigenvalue weighted by molar-refractivity contribution is 8.00. The Morgan fingerprint density at radius 1 is 1.12 bits per heavy atom. The van der Waals surface area contributed by atoms with Crippen LogP contribution in [0, 0.1) is 0 Å². The summed E-state index contributed by atoms with van der Waals surface area (Å²) in [7, 11) is 0. The number of rotatable bonds is 0. The SMILES string of the molecule is CC1CCCC(C)S1. The minimum absolute atomic E-state index is 0.929. The molecule has 1 aliphatic rings. The molecule has 0 bridgehead atoms. The van der Waals surface area contributed by atoms with Crippen molar-refractivity contribution < 1.29 is 0 Å². The van der Waals surface area contributed by atoms with Gasteiger partial charge < -0.3 is 0 Å². The van der Waals surface area contributed by atoms with Gasteiger partial charge in [0.05, 0.1) is 0 Å². The highest BCUT2D eigenvalue weighted by Crippen LogP contribution is 2.30. The van der Waals surface area contributed by atoms with Gasteiger partial charge in [0.15, 0.2) is 0 Å². The van der Waals surface area contributed by atoms with Gasteiger partial charge in [0.2, 0.25) is 0 Å². The lowest BCUT2D eigenvalue weighted by molar-refractivity contribution is 0.641. The summed E-state index contributed by atoms with van der Waals surface area (Å²) in [6.07, 6.45) is 4.33. The van der Waals surface area contributed by atoms with Crippen molar-refractivity contribution in [3.63, 3.8) is 0 Å². The quantitative estimate of drug-likeness (QED) is 0.486. The van der Waals surface area contributed by atoms with Gasteiger partial charge in [0.1, 0.15) is 0 Å². The van der Waals surface area contributed by atoms with Crippen molar-refractivity contribution >= 4 is 11.8 Å². The maximum Gasteiger partial charge on any atom is 0.00214 e. The highest BCUT2D eigenvalue weighted by Gasteiger charge is 2.14. The summed E-state index contributed by atoms with van der Waals surface area (Å²) in [4.78, 5) is 0. The molecule has 0 amide bonds. The van der Waals surface area contributed by atoms with Gasteiger partial charge in [-0.15, -0.1) is 0 Å². The zero-order chi connectivity index (χ0) is 5.98. The van der Waals surface area contributed by atoms with Crippen molar-refractivity contribution in [2.45, 2.75) is 43.6 Å². The predicted octanol–water partition coefficient (Wildman–Crippen LogP) is 2.68. The summed E-state index contributed by atoms with van der Waals surface area (Å²) in [6.45, 7) is 4.67. The molecule has 0 spiro atoms. The van der Waals surface area contributed by atoms with Crippen LogP contribution in [0.2, 0.25) is 0 Å². The molecule has 48 valence electrons. The minimum Gasteiger partial charge on any atom is -0.156 e. The Kier molecular flexibility index (Phi) is 2.24. The maximum absolute atomic E-state index is 2.33. The van der Waals surface area contributed by atoms with Crippen LogP contribution < -0.4 is 0 Å². The molecule has 2 unspecified atom stereocenters. The second kappa shape index (κ2) is 2.77. The lowest BCUT2D eigenvalue weighted by atomic mass is 10.1. The van der Waals surface area contributed by atoms with Gasteiger partial charge in [-0.2, -0.15) is 11.8 Å². The molecule has 1 rings (SSSR count). The van der Waals surface area contributed by atoms with Gasteiger partial charge >= 0.3 is 0 Å². The van der Waals surface area contributed by atoms with Crippen LogP contribution in [0.5, 0.6) is 0 Å². The molecule has 1 aliphatic heterocycles. The molecule has 0 saturated carbocycles. The van der Waals surface area contributed by atoms with Crippen LogP contribution in [0.25, 0.3) is 0 Å². The molecule has 1 fully saturated rings. The molecule has 0 nitrogen and oxygen atoms in total. The third-order valence-electron chi connectivity index (χ3n) is 1.69. The standard InChI is InChI=1S/C7H14S/c1-6-4-3-5-7(2)8-6/h6-7H,3-5H2,1-2H3. The van der Waals surface area contributed by atoms with Gasteiger partial charge in [-0.3, -0.25) is 0 Å². The molecular weight excluding hydrogens is 116 g/mol. The molecule has 1 saturated heterocycles. The predicted molar refractivity (Wildman–Crippen MR) is 40.4 cm³/mol. The largest absolute Gasteiger partial charge is 0.156 e. The van der Waals surface area contributed by atoms with Crippen LogP contribution >= 0.6 is 11.8 Å². The van der Waals surface area contributed by atoms with E-state index in [-0.39, 0.29) is 0 Å². The molecule has 0 aromatic rings. The van der Waals surface area contributed by atoms with Crippen molar-refractivity contribution in [2.75, 3.05) is 0 Å². The Bertz CT molecular complexity index is 62.8. The molecule has 0 aliphatic carbocycles. The van der Waals surface area contributed by atoms with E-state index < -0.39 is 0 Å². The topological polar surface area (TPSA) is 0 Å². The molecule has 8 heavy (non-hydrogen) atoms. The Hall–Kier alpha value is 0.350. The first-order valence-electron chi connectivity index (χ1n) is 3.44. The first kappa shape index (κ1) is 6.47. The van der Waals surface area contributed by atoms with Crippen LogP contribution in [0.15, 0.2) is 0 Å². The molecule has 1 heterocycles. The molecule has 1 heteroatoms. The molecular formula is C7H14S. The Morgan fingerprint density at radius 2 is 1.62 bits per heavy atom. The van der Waals surface area contributed by atoms with Crippen molar-refractivity contribution in [3.05, 3.63) is 0 Å². The van der Waals surface area contributed by atoms with Crippen molar-refractivity contribution in [1.29, 1.82) is 0 Å². The zero-order valence-electron chi connectivity index (χ0n) is 5.68. The van der Waals surface area contributed by atoms with Gasteiger partial charge in [-0.1, -0.05) is 20.3 Å². The van der Waals surface area contributed by atoms with Gasteiger partial charge in [0, 0.05) is 10.5 Å². The number of hydrogen-bond acceptors (Lipinski definition) is 1. The van der Waals surface area contributed by atoms with Gasteiger partial charge in [0.25, 0.3) is 0 Å². The fraction of sp³-hybridized carbons (Fsp3) is 1.00. The Labute approximate surface area is 56.0 Å². The summed E-state index contributed by atoms with van der Waals surface area (Å²) in [5, 5.41) is 1.86. The lowest BCUT2D eigenvalue weighted by Gasteiger charge is -2.22. The third kappa shape index (κ3) is 1.70. The smallest absolute Gasteiger partial charge is 0.00214 e. The molecule has 0 radical (unpaired) electrons. The summed E-state index contributed by atoms with van der Waals surface area (Å²) >= 11 is 2.14. The van der Waals surface area contributed by atoms with E-state index in [0.29, 0.717) is 0 Å². The summed E-state index contributed by atoms with van der Waals surface area (Å²) in [5.74, 6) is 0. The summed E-state index contributed by atoms with van der Waals surface area (Å²) in [6, 6.07) is 0. The lowest BCUT2D eigenvalue weighted by Crippen LogP contribution is -2.11. The second-order valence-corrected chi connectivity index (χ2v) is 4.57. The van der Waals surface area contributed by atoms with E-state index in [1.807, 2.05) is 0 Å². The average Bonchev–Trinajstić information content (AvgIpc) is 1.64. The van der Waals surface area contributed by atoms with E-state index in [1.54, 1.807) is 0 Å². The maximum atomic E-state index is 2.33. The monoisotopic (exact) mass is 130 g/mol. The van der Waals surface area contributed by atoms with E-state index in [9.17, 15) is 0 Å². The van der Waals surface area contributed by atoms with Crippen molar-refractivity contribution in [1.82, 2.24) is 0 Å². The van der Waals surface area contributed by atoms with E-state index >= 15 is 0 Å². The van der Waals surface area contributed by atoms with Crippen LogP contribution in [-0.2, 0) is 0 Å². The normalized spacial score (nSPS) is 39.8. The first-order valence-corrected chi connectivity index (χ1v) is 4.39.